The van der Waals surface area contributed by atoms with Crippen molar-refractivity contribution >= 4 is 5.97 Å². The van der Waals surface area contributed by atoms with E-state index in [1.54, 1.807) is 0 Å². The number of aliphatic hydroxyl groups excluding tert-OH is 1. The van der Waals surface area contributed by atoms with Gasteiger partial charge in [-0.05, 0) is 31.6 Å². The maximum atomic E-state index is 10.4. The Morgan fingerprint density at radius 3 is 2.39 bits per heavy atom. The third kappa shape index (κ3) is 3.23. The lowest BCUT2D eigenvalue weighted by Gasteiger charge is -2.26. The van der Waals surface area contributed by atoms with Crippen LogP contribution in [-0.2, 0) is 9.53 Å². The molecule has 0 aromatic carbocycles. The predicted octanol–water partition coefficient (Wildman–Crippen LogP) is 2.20. The molecule has 0 aromatic heterocycles. The number of carbonyl (C=O) groups is 1. The SMILES string of the molecule is O=C(O)CCCCCC[C@H]1[C@H](CO)[C@H]2CC[C@@H]1O2. The highest BCUT2D eigenvalue weighted by atomic mass is 16.5. The predicted molar refractivity (Wildman–Crippen MR) is 67.3 cm³/mol. The summed E-state index contributed by atoms with van der Waals surface area (Å²) in [6, 6.07) is 0. The van der Waals surface area contributed by atoms with E-state index in [0.717, 1.165) is 44.9 Å². The molecule has 0 aliphatic carbocycles. The molecule has 0 radical (unpaired) electrons. The summed E-state index contributed by atoms with van der Waals surface area (Å²) in [7, 11) is 0. The van der Waals surface area contributed by atoms with E-state index in [4.69, 9.17) is 9.84 Å². The molecule has 0 aromatic rings. The van der Waals surface area contributed by atoms with Gasteiger partial charge < -0.3 is 14.9 Å². The average Bonchev–Trinajstić information content (AvgIpc) is 2.93. The fourth-order valence-corrected chi connectivity index (χ4v) is 3.53. The molecular formula is C14H24O4. The number of hydrogen-bond donors (Lipinski definition) is 2. The highest BCUT2D eigenvalue weighted by molar-refractivity contribution is 5.66. The minimum absolute atomic E-state index is 0.255. The van der Waals surface area contributed by atoms with E-state index < -0.39 is 5.97 Å². The van der Waals surface area contributed by atoms with E-state index in [-0.39, 0.29) is 13.0 Å². The van der Waals surface area contributed by atoms with Crippen molar-refractivity contribution in [1.29, 1.82) is 0 Å². The van der Waals surface area contributed by atoms with Crippen LogP contribution >= 0.6 is 0 Å². The Kier molecular flexibility index (Phi) is 5.01. The molecule has 2 aliphatic rings. The fraction of sp³-hybridized carbons (Fsp3) is 0.929. The number of carboxylic acids is 1. The zero-order chi connectivity index (χ0) is 13.0. The molecule has 2 N–H and O–H groups in total. The molecule has 2 heterocycles. The first-order valence-corrected chi connectivity index (χ1v) is 7.20. The first-order valence-electron chi connectivity index (χ1n) is 7.20. The molecule has 0 spiro atoms. The van der Waals surface area contributed by atoms with Crippen molar-refractivity contribution in [3.8, 4) is 0 Å². The number of aliphatic carboxylic acids is 1. The van der Waals surface area contributed by atoms with Gasteiger partial charge in [-0.3, -0.25) is 4.79 Å². The number of hydrogen-bond acceptors (Lipinski definition) is 3. The van der Waals surface area contributed by atoms with Crippen LogP contribution in [0, 0.1) is 11.8 Å². The van der Waals surface area contributed by atoms with Crippen LogP contribution in [0.5, 0.6) is 0 Å². The Labute approximate surface area is 108 Å². The summed E-state index contributed by atoms with van der Waals surface area (Å²) in [5.74, 6) is 0.188. The number of fused-ring (bicyclic) bond motifs is 2. The Morgan fingerprint density at radius 1 is 1.06 bits per heavy atom. The molecule has 0 unspecified atom stereocenters. The van der Waals surface area contributed by atoms with Gasteiger partial charge in [0.05, 0.1) is 12.2 Å². The van der Waals surface area contributed by atoms with Gasteiger partial charge in [0.15, 0.2) is 0 Å². The second-order valence-electron chi connectivity index (χ2n) is 5.65. The Hall–Kier alpha value is -0.610. The van der Waals surface area contributed by atoms with Crippen molar-refractivity contribution in [1.82, 2.24) is 0 Å². The highest BCUT2D eigenvalue weighted by Gasteiger charge is 2.47. The monoisotopic (exact) mass is 256 g/mol. The van der Waals surface area contributed by atoms with Gasteiger partial charge in [-0.15, -0.1) is 0 Å². The van der Waals surface area contributed by atoms with Crippen LogP contribution in [0.15, 0.2) is 0 Å². The van der Waals surface area contributed by atoms with Gasteiger partial charge in [0.2, 0.25) is 0 Å². The molecule has 4 heteroatoms. The van der Waals surface area contributed by atoms with E-state index in [2.05, 4.69) is 0 Å². The van der Waals surface area contributed by atoms with Gasteiger partial charge in [-0.1, -0.05) is 19.3 Å². The van der Waals surface area contributed by atoms with E-state index in [1.165, 1.54) is 0 Å². The van der Waals surface area contributed by atoms with Crippen molar-refractivity contribution in [2.75, 3.05) is 6.61 Å². The van der Waals surface area contributed by atoms with Gasteiger partial charge in [0.1, 0.15) is 0 Å². The standard InChI is InChI=1S/C14H24O4/c15-9-11-10(12-7-8-13(11)18-12)5-3-1-2-4-6-14(16)17/h10-13,15H,1-9H2,(H,16,17)/t10-,11-,12-,13+/m0/s1. The van der Waals surface area contributed by atoms with E-state index in [0.29, 0.717) is 24.0 Å². The second kappa shape index (κ2) is 6.53. The highest BCUT2D eigenvalue weighted by Crippen LogP contribution is 2.45. The molecule has 0 amide bonds. The Balaban J connectivity index is 1.60. The summed E-state index contributed by atoms with van der Waals surface area (Å²) >= 11 is 0. The zero-order valence-electron chi connectivity index (χ0n) is 10.9. The van der Waals surface area contributed by atoms with Gasteiger partial charge >= 0.3 is 5.97 Å². The first kappa shape index (κ1) is 13.8. The quantitative estimate of drug-likeness (QED) is 0.653. The lowest BCUT2D eigenvalue weighted by molar-refractivity contribution is -0.137. The number of aliphatic hydroxyl groups is 1. The van der Waals surface area contributed by atoms with Crippen LogP contribution in [0.3, 0.4) is 0 Å². The molecule has 2 bridgehead atoms. The molecule has 4 atom stereocenters. The van der Waals surface area contributed by atoms with E-state index >= 15 is 0 Å². The number of carboxylic acid groups (broad SMARTS) is 1. The van der Waals surface area contributed by atoms with E-state index in [9.17, 15) is 9.90 Å². The Morgan fingerprint density at radius 2 is 1.72 bits per heavy atom. The van der Waals surface area contributed by atoms with Crippen LogP contribution in [-0.4, -0.2) is 35.0 Å². The zero-order valence-corrected chi connectivity index (χ0v) is 10.9. The summed E-state index contributed by atoms with van der Waals surface area (Å²) in [6.07, 6.45) is 8.38. The third-order valence-electron chi connectivity index (χ3n) is 4.48. The number of unbranched alkanes of at least 4 members (excludes halogenated alkanes) is 3. The largest absolute Gasteiger partial charge is 0.481 e. The molecule has 2 saturated heterocycles. The summed E-state index contributed by atoms with van der Waals surface area (Å²) < 4.78 is 5.86. The summed E-state index contributed by atoms with van der Waals surface area (Å²) in [6.45, 7) is 0.255. The minimum Gasteiger partial charge on any atom is -0.481 e. The molecule has 4 nitrogen and oxygen atoms in total. The van der Waals surface area contributed by atoms with Gasteiger partial charge in [0, 0.05) is 18.9 Å². The van der Waals surface area contributed by atoms with Crippen molar-refractivity contribution in [3.63, 3.8) is 0 Å². The maximum Gasteiger partial charge on any atom is 0.303 e. The normalized spacial score (nSPS) is 34.1. The van der Waals surface area contributed by atoms with Crippen molar-refractivity contribution in [3.05, 3.63) is 0 Å². The van der Waals surface area contributed by atoms with E-state index in [1.807, 2.05) is 0 Å². The topological polar surface area (TPSA) is 66.8 Å². The molecule has 2 rings (SSSR count). The third-order valence-corrected chi connectivity index (χ3v) is 4.48. The Bertz CT molecular complexity index is 279. The molecule has 18 heavy (non-hydrogen) atoms. The van der Waals surface area contributed by atoms with Crippen LogP contribution in [0.4, 0.5) is 0 Å². The lowest BCUT2D eigenvalue weighted by Crippen LogP contribution is -2.29. The van der Waals surface area contributed by atoms with Crippen molar-refractivity contribution < 1.29 is 19.7 Å². The van der Waals surface area contributed by atoms with Gasteiger partial charge in [0.25, 0.3) is 0 Å². The minimum atomic E-state index is -0.697. The van der Waals surface area contributed by atoms with Gasteiger partial charge in [-0.2, -0.15) is 0 Å². The van der Waals surface area contributed by atoms with Crippen molar-refractivity contribution in [2.24, 2.45) is 11.8 Å². The molecule has 0 saturated carbocycles. The molecule has 2 fully saturated rings. The fourth-order valence-electron chi connectivity index (χ4n) is 3.53. The molecule has 104 valence electrons. The smallest absolute Gasteiger partial charge is 0.303 e. The van der Waals surface area contributed by atoms with Gasteiger partial charge in [-0.25, -0.2) is 0 Å². The van der Waals surface area contributed by atoms with Crippen LogP contribution in [0.25, 0.3) is 0 Å². The second-order valence-corrected chi connectivity index (χ2v) is 5.65. The number of ether oxygens (including phenoxy) is 1. The van der Waals surface area contributed by atoms with Crippen molar-refractivity contribution in [2.45, 2.75) is 63.6 Å². The van der Waals surface area contributed by atoms with Crippen LogP contribution in [0.2, 0.25) is 0 Å². The molecule has 2 aliphatic heterocycles. The maximum absolute atomic E-state index is 10.4. The summed E-state index contributed by atoms with van der Waals surface area (Å²) in [5, 5.41) is 18.0. The average molecular weight is 256 g/mol. The van der Waals surface area contributed by atoms with Crippen LogP contribution in [0.1, 0.15) is 51.4 Å². The lowest BCUT2D eigenvalue weighted by atomic mass is 9.77. The summed E-state index contributed by atoms with van der Waals surface area (Å²) in [4.78, 5) is 10.4. The number of rotatable bonds is 8. The van der Waals surface area contributed by atoms with Crippen LogP contribution < -0.4 is 0 Å². The summed E-state index contributed by atoms with van der Waals surface area (Å²) in [5.41, 5.74) is 0. The molecular weight excluding hydrogens is 232 g/mol. The first-order chi connectivity index (χ1) is 8.72.